The van der Waals surface area contributed by atoms with Crippen molar-refractivity contribution in [2.75, 3.05) is 0 Å². The quantitative estimate of drug-likeness (QED) is 0.558. The van der Waals surface area contributed by atoms with Crippen LogP contribution in [0.3, 0.4) is 0 Å². The molecule has 0 spiro atoms. The van der Waals surface area contributed by atoms with Gasteiger partial charge in [0.1, 0.15) is 5.78 Å². The lowest BCUT2D eigenvalue weighted by Gasteiger charge is -2.11. The van der Waals surface area contributed by atoms with E-state index in [9.17, 15) is 4.79 Å². The SMILES string of the molecule is CCCCC[C@@H](C)C(=O)C(C)C. The summed E-state index contributed by atoms with van der Waals surface area (Å²) in [6, 6.07) is 0. The maximum atomic E-state index is 11.4. The lowest BCUT2D eigenvalue weighted by molar-refractivity contribution is -0.125. The van der Waals surface area contributed by atoms with E-state index in [0.717, 1.165) is 6.42 Å². The van der Waals surface area contributed by atoms with Gasteiger partial charge >= 0.3 is 0 Å². The molecule has 0 fully saturated rings. The lowest BCUT2D eigenvalue weighted by atomic mass is 9.92. The molecular formula is C11H22O. The number of rotatable bonds is 6. The number of carbonyl (C=O) groups excluding carboxylic acids is 1. The molecule has 0 saturated heterocycles. The van der Waals surface area contributed by atoms with Crippen LogP contribution in [0.25, 0.3) is 0 Å². The standard InChI is InChI=1S/C11H22O/c1-5-6-7-8-10(4)11(12)9(2)3/h9-10H,5-8H2,1-4H3/t10-/m1/s1. The molecule has 0 amide bonds. The molecule has 1 heteroatoms. The van der Waals surface area contributed by atoms with Crippen LogP contribution >= 0.6 is 0 Å². The first kappa shape index (κ1) is 11.7. The minimum Gasteiger partial charge on any atom is -0.299 e. The van der Waals surface area contributed by atoms with E-state index in [0.29, 0.717) is 5.78 Å². The first-order chi connectivity index (χ1) is 5.59. The summed E-state index contributed by atoms with van der Waals surface area (Å²) in [5.41, 5.74) is 0. The van der Waals surface area contributed by atoms with Gasteiger partial charge < -0.3 is 0 Å². The van der Waals surface area contributed by atoms with Gasteiger partial charge in [0.15, 0.2) is 0 Å². The van der Waals surface area contributed by atoms with Crippen molar-refractivity contribution >= 4 is 5.78 Å². The molecule has 0 radical (unpaired) electrons. The van der Waals surface area contributed by atoms with Crippen molar-refractivity contribution < 1.29 is 4.79 Å². The molecular weight excluding hydrogens is 148 g/mol. The van der Waals surface area contributed by atoms with Crippen LogP contribution in [-0.4, -0.2) is 5.78 Å². The number of ketones is 1. The number of hydrogen-bond acceptors (Lipinski definition) is 1. The van der Waals surface area contributed by atoms with Crippen LogP contribution in [0.4, 0.5) is 0 Å². The molecule has 0 aliphatic rings. The highest BCUT2D eigenvalue weighted by atomic mass is 16.1. The van der Waals surface area contributed by atoms with Crippen molar-refractivity contribution in [2.24, 2.45) is 11.8 Å². The second-order valence-corrected chi connectivity index (χ2v) is 3.95. The molecule has 0 aliphatic carbocycles. The maximum absolute atomic E-state index is 11.4. The van der Waals surface area contributed by atoms with Crippen LogP contribution < -0.4 is 0 Å². The van der Waals surface area contributed by atoms with Crippen LogP contribution in [0.2, 0.25) is 0 Å². The Labute approximate surface area is 76.6 Å². The molecule has 72 valence electrons. The molecule has 0 N–H and O–H groups in total. The van der Waals surface area contributed by atoms with E-state index in [2.05, 4.69) is 13.8 Å². The monoisotopic (exact) mass is 170 g/mol. The summed E-state index contributed by atoms with van der Waals surface area (Å²) in [4.78, 5) is 11.4. The summed E-state index contributed by atoms with van der Waals surface area (Å²) in [6.07, 6.45) is 4.78. The van der Waals surface area contributed by atoms with Crippen molar-refractivity contribution in [3.63, 3.8) is 0 Å². The van der Waals surface area contributed by atoms with E-state index in [1.54, 1.807) is 0 Å². The highest BCUT2D eigenvalue weighted by Gasteiger charge is 2.15. The van der Waals surface area contributed by atoms with E-state index in [1.165, 1.54) is 19.3 Å². The summed E-state index contributed by atoms with van der Waals surface area (Å²) >= 11 is 0. The Balaban J connectivity index is 3.57. The maximum Gasteiger partial charge on any atom is 0.138 e. The Hall–Kier alpha value is -0.330. The molecule has 0 heterocycles. The van der Waals surface area contributed by atoms with Crippen LogP contribution in [0.1, 0.15) is 53.4 Å². The fraction of sp³-hybridized carbons (Fsp3) is 0.909. The molecule has 0 unspecified atom stereocenters. The van der Waals surface area contributed by atoms with Gasteiger partial charge in [0.2, 0.25) is 0 Å². The van der Waals surface area contributed by atoms with Gasteiger partial charge in [-0.1, -0.05) is 47.0 Å². The molecule has 0 saturated carbocycles. The molecule has 0 aliphatic heterocycles. The van der Waals surface area contributed by atoms with Crippen LogP contribution in [0, 0.1) is 11.8 Å². The van der Waals surface area contributed by atoms with Crippen molar-refractivity contribution in [1.82, 2.24) is 0 Å². The topological polar surface area (TPSA) is 17.1 Å². The fourth-order valence-electron chi connectivity index (χ4n) is 1.41. The second kappa shape index (κ2) is 6.22. The van der Waals surface area contributed by atoms with Gasteiger partial charge in [0.25, 0.3) is 0 Å². The Bertz CT molecular complexity index is 127. The normalized spacial score (nSPS) is 13.4. The smallest absolute Gasteiger partial charge is 0.138 e. The van der Waals surface area contributed by atoms with Gasteiger partial charge in [-0.2, -0.15) is 0 Å². The average Bonchev–Trinajstić information content (AvgIpc) is 2.03. The van der Waals surface area contributed by atoms with Crippen LogP contribution in [-0.2, 0) is 4.79 Å². The lowest BCUT2D eigenvalue weighted by Crippen LogP contribution is -2.16. The van der Waals surface area contributed by atoms with Crippen molar-refractivity contribution in [3.05, 3.63) is 0 Å². The molecule has 0 aromatic carbocycles. The number of Topliss-reactive ketones (excluding diaryl/α,β-unsaturated/α-hetero) is 1. The third-order valence-electron chi connectivity index (χ3n) is 2.30. The average molecular weight is 170 g/mol. The van der Waals surface area contributed by atoms with Crippen LogP contribution in [0.5, 0.6) is 0 Å². The van der Waals surface area contributed by atoms with E-state index < -0.39 is 0 Å². The van der Waals surface area contributed by atoms with E-state index >= 15 is 0 Å². The summed E-state index contributed by atoms with van der Waals surface area (Å²) in [5.74, 6) is 0.907. The molecule has 1 nitrogen and oxygen atoms in total. The van der Waals surface area contributed by atoms with Gasteiger partial charge in [0, 0.05) is 11.8 Å². The van der Waals surface area contributed by atoms with E-state index in [4.69, 9.17) is 0 Å². The second-order valence-electron chi connectivity index (χ2n) is 3.95. The number of unbranched alkanes of at least 4 members (excludes halogenated alkanes) is 2. The van der Waals surface area contributed by atoms with Gasteiger partial charge in [-0.3, -0.25) is 4.79 Å². The highest BCUT2D eigenvalue weighted by Crippen LogP contribution is 2.14. The zero-order chi connectivity index (χ0) is 9.56. The molecule has 0 bridgehead atoms. The molecule has 0 aromatic rings. The Morgan fingerprint density at radius 2 is 1.75 bits per heavy atom. The number of carbonyl (C=O) groups is 1. The minimum atomic E-state index is 0.210. The summed E-state index contributed by atoms with van der Waals surface area (Å²) in [6.45, 7) is 8.21. The summed E-state index contributed by atoms with van der Waals surface area (Å²) < 4.78 is 0. The van der Waals surface area contributed by atoms with Crippen molar-refractivity contribution in [1.29, 1.82) is 0 Å². The first-order valence-corrected chi connectivity index (χ1v) is 5.13. The molecule has 1 atom stereocenters. The molecule has 0 aromatic heterocycles. The Morgan fingerprint density at radius 3 is 2.17 bits per heavy atom. The van der Waals surface area contributed by atoms with Crippen LogP contribution in [0.15, 0.2) is 0 Å². The van der Waals surface area contributed by atoms with Gasteiger partial charge in [0.05, 0.1) is 0 Å². The first-order valence-electron chi connectivity index (χ1n) is 5.13. The van der Waals surface area contributed by atoms with Gasteiger partial charge in [-0.25, -0.2) is 0 Å². The summed E-state index contributed by atoms with van der Waals surface area (Å²) in [5, 5.41) is 0. The van der Waals surface area contributed by atoms with Gasteiger partial charge in [-0.05, 0) is 6.42 Å². The highest BCUT2D eigenvalue weighted by molar-refractivity contribution is 5.82. The van der Waals surface area contributed by atoms with Crippen molar-refractivity contribution in [2.45, 2.75) is 53.4 Å². The van der Waals surface area contributed by atoms with E-state index in [1.807, 2.05) is 13.8 Å². The molecule has 0 rings (SSSR count). The third kappa shape index (κ3) is 4.53. The van der Waals surface area contributed by atoms with Gasteiger partial charge in [-0.15, -0.1) is 0 Å². The Morgan fingerprint density at radius 1 is 1.17 bits per heavy atom. The van der Waals surface area contributed by atoms with E-state index in [-0.39, 0.29) is 11.8 Å². The zero-order valence-electron chi connectivity index (χ0n) is 8.89. The Kier molecular flexibility index (Phi) is 6.04. The predicted molar refractivity (Wildman–Crippen MR) is 53.2 cm³/mol. The molecule has 12 heavy (non-hydrogen) atoms. The largest absolute Gasteiger partial charge is 0.299 e. The zero-order valence-corrected chi connectivity index (χ0v) is 8.89. The third-order valence-corrected chi connectivity index (χ3v) is 2.30. The van der Waals surface area contributed by atoms with Crippen molar-refractivity contribution in [3.8, 4) is 0 Å². The predicted octanol–water partition coefficient (Wildman–Crippen LogP) is 3.43. The minimum absolute atomic E-state index is 0.210. The fourth-order valence-corrected chi connectivity index (χ4v) is 1.41. The summed E-state index contributed by atoms with van der Waals surface area (Å²) in [7, 11) is 0. The number of hydrogen-bond donors (Lipinski definition) is 0.